The lowest BCUT2D eigenvalue weighted by Crippen LogP contribution is -2.41. The SMILES string of the molecule is [2H]C([2H])(Oc1ccn(-c2ccc3c(n2)N2C[C@@H](CCCNc4cccc(n4)S(=O)(=O)NC3=O)CC2(C)C)n1)C([2H])([2H])C1C2(CC2)C12CC2. The van der Waals surface area contributed by atoms with E-state index in [2.05, 4.69) is 34.0 Å². The molecule has 5 heterocycles. The van der Waals surface area contributed by atoms with Crippen molar-refractivity contribution in [3.63, 3.8) is 0 Å². The molecule has 2 aliphatic heterocycles. The number of carbonyl (C=O) groups is 1. The van der Waals surface area contributed by atoms with E-state index < -0.39 is 34.4 Å². The van der Waals surface area contributed by atoms with Gasteiger partial charge in [0.25, 0.3) is 15.9 Å². The molecule has 8 rings (SSSR count). The monoisotopic (exact) mass is 621 g/mol. The Bertz CT molecular complexity index is 1910. The maximum absolute atomic E-state index is 13.7. The van der Waals surface area contributed by atoms with Crippen molar-refractivity contribution in [1.82, 2.24) is 24.5 Å². The number of fused-ring (bicyclic) bond motifs is 7. The average Bonchev–Trinajstić information content (AvgIpc) is 3.97. The van der Waals surface area contributed by atoms with Crippen LogP contribution in [0.2, 0.25) is 0 Å². The largest absolute Gasteiger partial charge is 0.477 e. The lowest BCUT2D eigenvalue weighted by atomic mass is 9.93. The number of amides is 1. The molecule has 3 saturated carbocycles. The van der Waals surface area contributed by atoms with Crippen LogP contribution in [-0.2, 0) is 10.0 Å². The second-order valence-electron chi connectivity index (χ2n) is 13.6. The van der Waals surface area contributed by atoms with Gasteiger partial charge in [0.15, 0.2) is 10.8 Å². The summed E-state index contributed by atoms with van der Waals surface area (Å²) in [4.78, 5) is 24.8. The van der Waals surface area contributed by atoms with Gasteiger partial charge >= 0.3 is 0 Å². The fraction of sp³-hybridized carbons (Fsp3) is 0.562. The standard InChI is InChI=1S/C32H39N7O4S/c1-30(2)19-21-5-4-16-33-24-6-3-7-27(34-24)44(41,42)37-29(40)22-8-9-25(35-28(22)38(30)20-21)39-17-10-26(36-39)43-18-11-23-31(12-13-31)32(23)14-15-32/h3,6-10,17,21,23H,4-5,11-16,18-20H2,1-2H3,(H,33,34)(H,37,40)/t21-/m0/s1/i11D2,18D2. The second kappa shape index (κ2) is 9.66. The molecule has 12 heteroatoms. The maximum Gasteiger partial charge on any atom is 0.281 e. The lowest BCUT2D eigenvalue weighted by Gasteiger charge is -2.34. The van der Waals surface area contributed by atoms with E-state index in [0.717, 1.165) is 44.9 Å². The van der Waals surface area contributed by atoms with Crippen molar-refractivity contribution in [2.75, 3.05) is 29.9 Å². The molecule has 5 aliphatic rings. The molecule has 1 amide bonds. The number of hydrogen-bond donors (Lipinski definition) is 2. The van der Waals surface area contributed by atoms with Gasteiger partial charge in [0.2, 0.25) is 5.88 Å². The van der Waals surface area contributed by atoms with Gasteiger partial charge in [-0.25, -0.2) is 19.4 Å². The quantitative estimate of drug-likeness (QED) is 0.421. The predicted molar refractivity (Wildman–Crippen MR) is 164 cm³/mol. The summed E-state index contributed by atoms with van der Waals surface area (Å²) in [6.45, 7) is 2.76. The molecule has 44 heavy (non-hydrogen) atoms. The number of nitrogens with zero attached hydrogens (tertiary/aromatic N) is 5. The summed E-state index contributed by atoms with van der Waals surface area (Å²) in [7, 11) is -4.31. The molecule has 0 aromatic carbocycles. The summed E-state index contributed by atoms with van der Waals surface area (Å²) >= 11 is 0. The van der Waals surface area contributed by atoms with E-state index in [1.54, 1.807) is 12.1 Å². The van der Waals surface area contributed by atoms with Gasteiger partial charge in [0.05, 0.1) is 14.9 Å². The van der Waals surface area contributed by atoms with Gasteiger partial charge in [0, 0.05) is 33.6 Å². The molecule has 1 saturated heterocycles. The first-order valence-electron chi connectivity index (χ1n) is 17.4. The highest BCUT2D eigenvalue weighted by atomic mass is 32.2. The summed E-state index contributed by atoms with van der Waals surface area (Å²) in [5, 5.41) is 7.31. The smallest absolute Gasteiger partial charge is 0.281 e. The van der Waals surface area contributed by atoms with Crippen LogP contribution >= 0.6 is 0 Å². The number of aromatic nitrogens is 4. The summed E-state index contributed by atoms with van der Waals surface area (Å²) < 4.78 is 70.6. The molecule has 3 aromatic heterocycles. The number of ether oxygens (including phenoxy) is 1. The third-order valence-corrected chi connectivity index (χ3v) is 11.6. The Morgan fingerprint density at radius 1 is 1.09 bits per heavy atom. The third-order valence-electron chi connectivity index (χ3n) is 10.4. The second-order valence-corrected chi connectivity index (χ2v) is 15.2. The van der Waals surface area contributed by atoms with E-state index in [1.807, 2.05) is 4.90 Å². The van der Waals surface area contributed by atoms with E-state index in [0.29, 0.717) is 36.5 Å². The Labute approximate surface area is 263 Å². The number of nitrogens with one attached hydrogen (secondary N) is 2. The number of hydrogen-bond acceptors (Lipinski definition) is 9. The van der Waals surface area contributed by atoms with Crippen LogP contribution in [0.5, 0.6) is 5.88 Å². The van der Waals surface area contributed by atoms with Crippen molar-refractivity contribution in [2.45, 2.75) is 75.7 Å². The van der Waals surface area contributed by atoms with Crippen molar-refractivity contribution in [1.29, 1.82) is 0 Å². The van der Waals surface area contributed by atoms with Gasteiger partial charge in [-0.3, -0.25) is 4.79 Å². The molecule has 2 N–H and O–H groups in total. The van der Waals surface area contributed by atoms with Gasteiger partial charge in [-0.1, -0.05) is 6.07 Å². The van der Waals surface area contributed by atoms with Crippen molar-refractivity contribution in [3.8, 4) is 11.7 Å². The van der Waals surface area contributed by atoms with Crippen LogP contribution in [0.3, 0.4) is 0 Å². The van der Waals surface area contributed by atoms with Crippen molar-refractivity contribution in [3.05, 3.63) is 48.2 Å². The summed E-state index contributed by atoms with van der Waals surface area (Å²) in [6, 6.07) is 9.10. The molecule has 3 aromatic rings. The van der Waals surface area contributed by atoms with E-state index in [9.17, 15) is 13.2 Å². The van der Waals surface area contributed by atoms with Gasteiger partial charge in [-0.05, 0) is 112 Å². The van der Waals surface area contributed by atoms with Crippen LogP contribution in [0, 0.1) is 22.7 Å². The molecule has 0 radical (unpaired) electrons. The Balaban J connectivity index is 1.11. The van der Waals surface area contributed by atoms with E-state index in [1.165, 1.54) is 35.1 Å². The zero-order chi connectivity index (χ0) is 33.9. The first-order valence-corrected chi connectivity index (χ1v) is 16.9. The molecule has 2 spiro atoms. The number of sulfonamides is 1. The number of carbonyl (C=O) groups excluding carboxylic acids is 1. The summed E-state index contributed by atoms with van der Waals surface area (Å²) in [5.41, 5.74) is -0.450. The van der Waals surface area contributed by atoms with E-state index >= 15 is 0 Å². The molecular weight excluding hydrogens is 578 g/mol. The molecule has 3 aliphatic carbocycles. The topological polar surface area (TPSA) is 131 Å². The molecule has 4 bridgehead atoms. The zero-order valence-electron chi connectivity index (χ0n) is 28.8. The first-order chi connectivity index (χ1) is 22.6. The number of pyridine rings is 2. The van der Waals surface area contributed by atoms with E-state index in [-0.39, 0.29) is 33.2 Å². The van der Waals surface area contributed by atoms with Crippen LogP contribution in [-0.4, -0.2) is 59.3 Å². The average molecular weight is 622 g/mol. The van der Waals surface area contributed by atoms with Crippen LogP contribution < -0.4 is 19.7 Å². The van der Waals surface area contributed by atoms with Crippen LogP contribution in [0.1, 0.15) is 81.0 Å². The summed E-state index contributed by atoms with van der Waals surface area (Å²) in [5.74, 6) is 0.0156. The minimum atomic E-state index is -4.31. The highest BCUT2D eigenvalue weighted by Crippen LogP contribution is 2.93. The lowest BCUT2D eigenvalue weighted by molar-refractivity contribution is 0.0981. The van der Waals surface area contributed by atoms with Crippen molar-refractivity contribution in [2.24, 2.45) is 22.7 Å². The Kier molecular flexibility index (Phi) is 5.20. The van der Waals surface area contributed by atoms with Crippen LogP contribution in [0.25, 0.3) is 5.82 Å². The van der Waals surface area contributed by atoms with Crippen LogP contribution in [0.15, 0.2) is 47.6 Å². The zero-order valence-corrected chi connectivity index (χ0v) is 25.7. The molecule has 232 valence electrons. The van der Waals surface area contributed by atoms with Crippen molar-refractivity contribution < 1.29 is 23.4 Å². The van der Waals surface area contributed by atoms with Crippen molar-refractivity contribution >= 4 is 27.6 Å². The van der Waals surface area contributed by atoms with Crippen LogP contribution in [0.4, 0.5) is 11.6 Å². The molecule has 11 nitrogen and oxygen atoms in total. The van der Waals surface area contributed by atoms with Gasteiger partial charge in [0.1, 0.15) is 11.6 Å². The summed E-state index contributed by atoms with van der Waals surface area (Å²) in [6.07, 6.45) is 5.74. The molecule has 4 fully saturated rings. The minimum Gasteiger partial charge on any atom is -0.477 e. The third kappa shape index (κ3) is 4.55. The fourth-order valence-electron chi connectivity index (χ4n) is 7.89. The number of anilines is 2. The minimum absolute atomic E-state index is 0.0593. The van der Waals surface area contributed by atoms with Gasteiger partial charge in [-0.2, -0.15) is 8.42 Å². The highest BCUT2D eigenvalue weighted by molar-refractivity contribution is 7.90. The highest BCUT2D eigenvalue weighted by Gasteiger charge is 2.85. The molecule has 0 unspecified atom stereocenters. The fourth-order valence-corrected chi connectivity index (χ4v) is 8.82. The molecule has 1 atom stereocenters. The van der Waals surface area contributed by atoms with E-state index in [4.69, 9.17) is 15.2 Å². The Hall–Kier alpha value is -3.67. The first kappa shape index (κ1) is 23.7. The number of rotatable bonds is 5. The maximum atomic E-state index is 13.7. The van der Waals surface area contributed by atoms with Gasteiger partial charge in [-0.15, -0.1) is 5.10 Å². The van der Waals surface area contributed by atoms with Gasteiger partial charge < -0.3 is 15.0 Å². The Morgan fingerprint density at radius 3 is 2.66 bits per heavy atom. The normalized spacial score (nSPS) is 27.4. The Morgan fingerprint density at radius 2 is 1.89 bits per heavy atom. The predicted octanol–water partition coefficient (Wildman–Crippen LogP) is 4.55. The molecular formula is C32H39N7O4S.